The summed E-state index contributed by atoms with van der Waals surface area (Å²) in [7, 11) is -3.57. The molecule has 0 amide bonds. The van der Waals surface area contributed by atoms with Crippen molar-refractivity contribution in [2.24, 2.45) is 0 Å². The van der Waals surface area contributed by atoms with Crippen LogP contribution in [0.5, 0.6) is 0 Å². The standard InChI is InChI=1S/C20H26ClN5O2S/c21-16-6-8-17(9-7-16)29(27,28)24-18-4-1-2-5-19(18)25-12-14-26(15-13-25)20-22-10-3-11-23-20/h3,6-11,18-19,24H,1-2,4-5,12-15H2/t18-,19+/m0/s1. The predicted octanol–water partition coefficient (Wildman–Crippen LogP) is 2.54. The minimum Gasteiger partial charge on any atom is -0.338 e. The normalized spacial score (nSPS) is 23.8. The molecule has 1 saturated carbocycles. The van der Waals surface area contributed by atoms with Crippen molar-refractivity contribution in [3.8, 4) is 0 Å². The number of piperazine rings is 1. The van der Waals surface area contributed by atoms with E-state index >= 15 is 0 Å². The lowest BCUT2D eigenvalue weighted by Crippen LogP contribution is -2.58. The Hall–Kier alpha value is -1.74. The molecule has 2 fully saturated rings. The molecule has 2 heterocycles. The monoisotopic (exact) mass is 435 g/mol. The lowest BCUT2D eigenvalue weighted by atomic mass is 9.89. The van der Waals surface area contributed by atoms with Crippen LogP contribution in [0.4, 0.5) is 5.95 Å². The zero-order valence-electron chi connectivity index (χ0n) is 16.2. The summed E-state index contributed by atoms with van der Waals surface area (Å²) in [4.78, 5) is 13.5. The Bertz CT molecular complexity index is 902. The SMILES string of the molecule is O=S(=O)(N[C@H]1CCCC[C@H]1N1CCN(c2ncccn2)CC1)c1ccc(Cl)cc1. The summed E-state index contributed by atoms with van der Waals surface area (Å²) < 4.78 is 28.7. The van der Waals surface area contributed by atoms with Gasteiger partial charge in [-0.1, -0.05) is 24.4 Å². The fourth-order valence-corrected chi connectivity index (χ4v) is 5.70. The molecule has 1 N–H and O–H groups in total. The summed E-state index contributed by atoms with van der Waals surface area (Å²) in [5.74, 6) is 0.760. The van der Waals surface area contributed by atoms with E-state index in [1.807, 2.05) is 6.07 Å². The fourth-order valence-electron chi connectivity index (χ4n) is 4.27. The maximum atomic E-state index is 12.9. The van der Waals surface area contributed by atoms with Gasteiger partial charge < -0.3 is 4.90 Å². The topological polar surface area (TPSA) is 78.4 Å². The second kappa shape index (κ2) is 8.95. The smallest absolute Gasteiger partial charge is 0.240 e. The first kappa shape index (κ1) is 20.5. The van der Waals surface area contributed by atoms with Crippen molar-refractivity contribution in [2.45, 2.75) is 42.7 Å². The van der Waals surface area contributed by atoms with E-state index in [4.69, 9.17) is 11.6 Å². The number of hydrogen-bond acceptors (Lipinski definition) is 6. The van der Waals surface area contributed by atoms with Gasteiger partial charge in [-0.15, -0.1) is 0 Å². The molecule has 1 aliphatic heterocycles. The molecule has 4 rings (SSSR count). The molecule has 156 valence electrons. The van der Waals surface area contributed by atoms with E-state index < -0.39 is 10.0 Å². The lowest BCUT2D eigenvalue weighted by Gasteiger charge is -2.44. The average molecular weight is 436 g/mol. The Labute approximate surface area is 177 Å². The van der Waals surface area contributed by atoms with Gasteiger partial charge in [0.25, 0.3) is 0 Å². The number of hydrogen-bond donors (Lipinski definition) is 1. The minimum absolute atomic E-state index is 0.0797. The first-order valence-corrected chi connectivity index (χ1v) is 11.9. The van der Waals surface area contributed by atoms with Crippen molar-refractivity contribution in [1.82, 2.24) is 19.6 Å². The highest BCUT2D eigenvalue weighted by Crippen LogP contribution is 2.26. The van der Waals surface area contributed by atoms with Crippen LogP contribution in [0.25, 0.3) is 0 Å². The molecule has 2 aromatic rings. The number of aromatic nitrogens is 2. The fraction of sp³-hybridized carbons (Fsp3) is 0.500. The summed E-state index contributed by atoms with van der Waals surface area (Å²) in [6.45, 7) is 3.44. The van der Waals surface area contributed by atoms with Crippen LogP contribution in [0.3, 0.4) is 0 Å². The van der Waals surface area contributed by atoms with E-state index in [1.54, 1.807) is 36.7 Å². The van der Waals surface area contributed by atoms with Crippen LogP contribution in [0.2, 0.25) is 5.02 Å². The summed E-state index contributed by atoms with van der Waals surface area (Å²) in [6, 6.07) is 8.29. The number of nitrogens with one attached hydrogen (secondary N) is 1. The molecule has 0 bridgehead atoms. The Kier molecular flexibility index (Phi) is 6.34. The highest BCUT2D eigenvalue weighted by molar-refractivity contribution is 7.89. The molecule has 2 atom stereocenters. The molecule has 0 unspecified atom stereocenters. The van der Waals surface area contributed by atoms with Crippen LogP contribution in [-0.2, 0) is 10.0 Å². The Balaban J connectivity index is 1.42. The zero-order chi connectivity index (χ0) is 20.3. The van der Waals surface area contributed by atoms with Gasteiger partial charge in [-0.05, 0) is 43.2 Å². The molecule has 7 nitrogen and oxygen atoms in total. The van der Waals surface area contributed by atoms with E-state index in [2.05, 4.69) is 24.5 Å². The maximum Gasteiger partial charge on any atom is 0.240 e. The summed E-state index contributed by atoms with van der Waals surface area (Å²) in [6.07, 6.45) is 7.57. The molecule has 0 spiro atoms. The number of benzene rings is 1. The Morgan fingerprint density at radius 2 is 1.62 bits per heavy atom. The van der Waals surface area contributed by atoms with Crippen molar-refractivity contribution in [2.75, 3.05) is 31.1 Å². The molecule has 0 radical (unpaired) electrons. The molecule has 29 heavy (non-hydrogen) atoms. The van der Waals surface area contributed by atoms with E-state index in [-0.39, 0.29) is 17.0 Å². The van der Waals surface area contributed by atoms with Crippen molar-refractivity contribution in [3.05, 3.63) is 47.7 Å². The zero-order valence-corrected chi connectivity index (χ0v) is 17.8. The van der Waals surface area contributed by atoms with Crippen molar-refractivity contribution in [1.29, 1.82) is 0 Å². The van der Waals surface area contributed by atoms with Gasteiger partial charge in [-0.2, -0.15) is 0 Å². The van der Waals surface area contributed by atoms with Gasteiger partial charge >= 0.3 is 0 Å². The number of anilines is 1. The second-order valence-electron chi connectivity index (χ2n) is 7.61. The van der Waals surface area contributed by atoms with Crippen LogP contribution in [0.1, 0.15) is 25.7 Å². The third-order valence-electron chi connectivity index (χ3n) is 5.78. The maximum absolute atomic E-state index is 12.9. The van der Waals surface area contributed by atoms with E-state index in [0.29, 0.717) is 5.02 Å². The van der Waals surface area contributed by atoms with E-state index in [9.17, 15) is 8.42 Å². The van der Waals surface area contributed by atoms with Crippen LogP contribution < -0.4 is 9.62 Å². The van der Waals surface area contributed by atoms with Gasteiger partial charge in [0.2, 0.25) is 16.0 Å². The Morgan fingerprint density at radius 3 is 2.31 bits per heavy atom. The van der Waals surface area contributed by atoms with Crippen molar-refractivity contribution >= 4 is 27.6 Å². The van der Waals surface area contributed by atoms with Gasteiger partial charge in [0.1, 0.15) is 0 Å². The minimum atomic E-state index is -3.57. The predicted molar refractivity (Wildman–Crippen MR) is 114 cm³/mol. The Morgan fingerprint density at radius 1 is 0.966 bits per heavy atom. The first-order chi connectivity index (χ1) is 14.0. The quantitative estimate of drug-likeness (QED) is 0.777. The third kappa shape index (κ3) is 4.88. The van der Waals surface area contributed by atoms with Crippen LogP contribution in [-0.4, -0.2) is 61.5 Å². The van der Waals surface area contributed by atoms with Crippen LogP contribution in [0.15, 0.2) is 47.6 Å². The van der Waals surface area contributed by atoms with Gasteiger partial charge in [-0.3, -0.25) is 4.90 Å². The van der Waals surface area contributed by atoms with E-state index in [1.165, 1.54) is 0 Å². The van der Waals surface area contributed by atoms with Gasteiger partial charge in [-0.25, -0.2) is 23.1 Å². The van der Waals surface area contributed by atoms with Crippen molar-refractivity contribution < 1.29 is 8.42 Å². The molecule has 1 aromatic carbocycles. The highest BCUT2D eigenvalue weighted by atomic mass is 35.5. The first-order valence-electron chi connectivity index (χ1n) is 10.1. The number of sulfonamides is 1. The number of halogens is 1. The largest absolute Gasteiger partial charge is 0.338 e. The molecule has 2 aliphatic rings. The van der Waals surface area contributed by atoms with Gasteiger partial charge in [0, 0.05) is 55.7 Å². The summed E-state index contributed by atoms with van der Waals surface area (Å²) in [5, 5.41) is 0.528. The second-order valence-corrected chi connectivity index (χ2v) is 9.76. The lowest BCUT2D eigenvalue weighted by molar-refractivity contribution is 0.123. The average Bonchev–Trinajstić information content (AvgIpc) is 2.75. The van der Waals surface area contributed by atoms with Crippen LogP contribution in [0, 0.1) is 0 Å². The molecular weight excluding hydrogens is 410 g/mol. The van der Waals surface area contributed by atoms with Gasteiger partial charge in [0.05, 0.1) is 4.90 Å². The van der Waals surface area contributed by atoms with Crippen LogP contribution >= 0.6 is 11.6 Å². The number of rotatable bonds is 5. The molecule has 9 heteroatoms. The molecule has 1 aliphatic carbocycles. The van der Waals surface area contributed by atoms with E-state index in [0.717, 1.165) is 57.8 Å². The summed E-state index contributed by atoms with van der Waals surface area (Å²) in [5.41, 5.74) is 0. The molecule has 1 aromatic heterocycles. The third-order valence-corrected chi connectivity index (χ3v) is 7.54. The molecule has 1 saturated heterocycles. The number of nitrogens with zero attached hydrogens (tertiary/aromatic N) is 4. The van der Waals surface area contributed by atoms with Crippen molar-refractivity contribution in [3.63, 3.8) is 0 Å². The molecular formula is C20H26ClN5O2S. The van der Waals surface area contributed by atoms with Gasteiger partial charge in [0.15, 0.2) is 0 Å². The summed E-state index contributed by atoms with van der Waals surface area (Å²) >= 11 is 5.90. The highest BCUT2D eigenvalue weighted by Gasteiger charge is 2.35.